The molecule has 0 aliphatic rings. The highest BCUT2D eigenvalue weighted by molar-refractivity contribution is 9.10. The summed E-state index contributed by atoms with van der Waals surface area (Å²) in [4.78, 5) is 13.8. The molecule has 1 heterocycles. The number of halogens is 1. The van der Waals surface area contributed by atoms with Gasteiger partial charge < -0.3 is 10.5 Å². The number of hydrogen-bond donors (Lipinski definition) is 1. The smallest absolute Gasteiger partial charge is 0.323 e. The molecule has 0 saturated carbocycles. The molecule has 0 amide bonds. The highest BCUT2D eigenvalue weighted by Gasteiger charge is 2.16. The van der Waals surface area contributed by atoms with E-state index in [9.17, 15) is 4.79 Å². The Morgan fingerprint density at radius 1 is 1.35 bits per heavy atom. The van der Waals surface area contributed by atoms with Gasteiger partial charge in [0.1, 0.15) is 6.04 Å². The van der Waals surface area contributed by atoms with E-state index in [1.54, 1.807) is 18.3 Å². The molecule has 0 aliphatic carbocycles. The standard InChI is InChI=1S/C15H16BrNO2S/c1-2-19-15(18)13(17)9-10-7-8-14(20-10)11-5-3-4-6-12(11)16/h3-8,13H,2,9,17H2,1H3. The van der Waals surface area contributed by atoms with Gasteiger partial charge in [-0.15, -0.1) is 11.3 Å². The van der Waals surface area contributed by atoms with Crippen LogP contribution in [-0.4, -0.2) is 18.6 Å². The van der Waals surface area contributed by atoms with Crippen LogP contribution in [0.4, 0.5) is 0 Å². The maximum Gasteiger partial charge on any atom is 0.323 e. The fourth-order valence-corrected chi connectivity index (χ4v) is 3.58. The second-order valence-corrected chi connectivity index (χ2v) is 6.33. The molecule has 2 N–H and O–H groups in total. The van der Waals surface area contributed by atoms with Crippen LogP contribution in [-0.2, 0) is 16.0 Å². The van der Waals surface area contributed by atoms with E-state index >= 15 is 0 Å². The molecule has 1 unspecified atom stereocenters. The van der Waals surface area contributed by atoms with Gasteiger partial charge in [0.05, 0.1) is 6.61 Å². The van der Waals surface area contributed by atoms with E-state index in [-0.39, 0.29) is 5.97 Å². The molecule has 0 bridgehead atoms. The minimum atomic E-state index is -0.597. The lowest BCUT2D eigenvalue weighted by atomic mass is 10.2. The first-order chi connectivity index (χ1) is 9.61. The Morgan fingerprint density at radius 3 is 2.80 bits per heavy atom. The zero-order chi connectivity index (χ0) is 14.5. The number of carbonyl (C=O) groups is 1. The molecular weight excluding hydrogens is 338 g/mol. The van der Waals surface area contributed by atoms with Crippen molar-refractivity contribution in [2.45, 2.75) is 19.4 Å². The van der Waals surface area contributed by atoms with Gasteiger partial charge in [0.2, 0.25) is 0 Å². The zero-order valence-electron chi connectivity index (χ0n) is 11.1. The Hall–Kier alpha value is -1.17. The van der Waals surface area contributed by atoms with Gasteiger partial charge in [0.15, 0.2) is 0 Å². The van der Waals surface area contributed by atoms with E-state index in [4.69, 9.17) is 10.5 Å². The molecule has 2 aromatic rings. The molecule has 0 radical (unpaired) electrons. The Bertz CT molecular complexity index is 597. The predicted octanol–water partition coefficient (Wildman–Crippen LogP) is 3.61. The van der Waals surface area contributed by atoms with Gasteiger partial charge in [0, 0.05) is 26.2 Å². The van der Waals surface area contributed by atoms with E-state index in [2.05, 4.69) is 28.1 Å². The first kappa shape index (κ1) is 15.2. The number of nitrogens with two attached hydrogens (primary N) is 1. The molecule has 0 saturated heterocycles. The minimum Gasteiger partial charge on any atom is -0.465 e. The van der Waals surface area contributed by atoms with Gasteiger partial charge in [-0.05, 0) is 25.1 Å². The first-order valence-electron chi connectivity index (χ1n) is 6.37. The molecule has 0 aliphatic heterocycles. The zero-order valence-corrected chi connectivity index (χ0v) is 13.5. The average Bonchev–Trinajstić information content (AvgIpc) is 2.87. The van der Waals surface area contributed by atoms with Crippen molar-refractivity contribution in [1.29, 1.82) is 0 Å². The second kappa shape index (κ2) is 7.02. The van der Waals surface area contributed by atoms with E-state index in [0.29, 0.717) is 13.0 Å². The van der Waals surface area contributed by atoms with Crippen molar-refractivity contribution in [3.8, 4) is 10.4 Å². The molecule has 2 rings (SSSR count). The quantitative estimate of drug-likeness (QED) is 0.835. The molecule has 106 valence electrons. The van der Waals surface area contributed by atoms with Crippen molar-refractivity contribution in [2.24, 2.45) is 5.73 Å². The monoisotopic (exact) mass is 353 g/mol. The lowest BCUT2D eigenvalue weighted by molar-refractivity contribution is -0.144. The van der Waals surface area contributed by atoms with Crippen LogP contribution in [0.15, 0.2) is 40.9 Å². The van der Waals surface area contributed by atoms with Gasteiger partial charge >= 0.3 is 5.97 Å². The van der Waals surface area contributed by atoms with Crippen LogP contribution >= 0.6 is 27.3 Å². The molecule has 1 atom stereocenters. The second-order valence-electron chi connectivity index (χ2n) is 4.31. The van der Waals surface area contributed by atoms with E-state index < -0.39 is 6.04 Å². The topological polar surface area (TPSA) is 52.3 Å². The fraction of sp³-hybridized carbons (Fsp3) is 0.267. The summed E-state index contributed by atoms with van der Waals surface area (Å²) in [6, 6.07) is 11.5. The van der Waals surface area contributed by atoms with Gasteiger partial charge in [-0.25, -0.2) is 0 Å². The molecule has 3 nitrogen and oxygen atoms in total. The molecule has 0 fully saturated rings. The first-order valence-corrected chi connectivity index (χ1v) is 7.98. The Kier molecular flexibility index (Phi) is 5.34. The third-order valence-corrected chi connectivity index (χ3v) is 4.64. The summed E-state index contributed by atoms with van der Waals surface area (Å²) in [5.41, 5.74) is 6.98. The van der Waals surface area contributed by atoms with Crippen LogP contribution in [0.2, 0.25) is 0 Å². The predicted molar refractivity (Wildman–Crippen MR) is 85.8 cm³/mol. The summed E-state index contributed by atoms with van der Waals surface area (Å²) in [6.07, 6.45) is 0.508. The lowest BCUT2D eigenvalue weighted by Crippen LogP contribution is -2.34. The number of benzene rings is 1. The van der Waals surface area contributed by atoms with Crippen LogP contribution in [0, 0.1) is 0 Å². The summed E-state index contributed by atoms with van der Waals surface area (Å²) in [5.74, 6) is -0.344. The van der Waals surface area contributed by atoms with E-state index in [0.717, 1.165) is 19.8 Å². The average molecular weight is 354 g/mol. The Balaban J connectivity index is 2.10. The van der Waals surface area contributed by atoms with Crippen LogP contribution in [0.3, 0.4) is 0 Å². The maximum absolute atomic E-state index is 11.5. The van der Waals surface area contributed by atoms with Crippen LogP contribution in [0.5, 0.6) is 0 Å². The number of ether oxygens (including phenoxy) is 1. The van der Waals surface area contributed by atoms with Crippen LogP contribution < -0.4 is 5.73 Å². The lowest BCUT2D eigenvalue weighted by Gasteiger charge is -2.08. The summed E-state index contributed by atoms with van der Waals surface area (Å²) >= 11 is 5.19. The highest BCUT2D eigenvalue weighted by atomic mass is 79.9. The van der Waals surface area contributed by atoms with Crippen molar-refractivity contribution in [3.05, 3.63) is 45.7 Å². The number of rotatable bonds is 5. The van der Waals surface area contributed by atoms with Gasteiger partial charge in [-0.3, -0.25) is 4.79 Å². The molecule has 5 heteroatoms. The molecule has 0 spiro atoms. The largest absolute Gasteiger partial charge is 0.465 e. The third-order valence-electron chi connectivity index (χ3n) is 2.81. The highest BCUT2D eigenvalue weighted by Crippen LogP contribution is 2.33. The Labute approximate surface area is 130 Å². The van der Waals surface area contributed by atoms with Crippen molar-refractivity contribution < 1.29 is 9.53 Å². The van der Waals surface area contributed by atoms with Gasteiger partial charge in [-0.1, -0.05) is 34.1 Å². The number of esters is 1. The van der Waals surface area contributed by atoms with Crippen LogP contribution in [0.25, 0.3) is 10.4 Å². The minimum absolute atomic E-state index is 0.344. The molecule has 1 aromatic carbocycles. The molecule has 20 heavy (non-hydrogen) atoms. The summed E-state index contributed by atoms with van der Waals surface area (Å²) in [6.45, 7) is 2.14. The van der Waals surface area contributed by atoms with Crippen molar-refractivity contribution in [1.82, 2.24) is 0 Å². The fourth-order valence-electron chi connectivity index (χ4n) is 1.84. The number of thiophene rings is 1. The van der Waals surface area contributed by atoms with E-state index in [1.165, 1.54) is 0 Å². The van der Waals surface area contributed by atoms with Gasteiger partial charge in [0.25, 0.3) is 0 Å². The number of carbonyl (C=O) groups excluding carboxylic acids is 1. The van der Waals surface area contributed by atoms with Crippen LogP contribution in [0.1, 0.15) is 11.8 Å². The molecular formula is C15H16BrNO2S. The maximum atomic E-state index is 11.5. The Morgan fingerprint density at radius 2 is 2.10 bits per heavy atom. The SMILES string of the molecule is CCOC(=O)C(N)Cc1ccc(-c2ccccc2Br)s1. The third kappa shape index (κ3) is 3.69. The summed E-state index contributed by atoms with van der Waals surface area (Å²) in [7, 11) is 0. The van der Waals surface area contributed by atoms with Crippen molar-refractivity contribution >= 4 is 33.2 Å². The molecule has 1 aromatic heterocycles. The normalized spacial score (nSPS) is 12.2. The van der Waals surface area contributed by atoms with Crippen molar-refractivity contribution in [2.75, 3.05) is 6.61 Å². The summed E-state index contributed by atoms with van der Waals surface area (Å²) in [5, 5.41) is 0. The van der Waals surface area contributed by atoms with Crippen molar-refractivity contribution in [3.63, 3.8) is 0 Å². The van der Waals surface area contributed by atoms with Gasteiger partial charge in [-0.2, -0.15) is 0 Å². The van der Waals surface area contributed by atoms with E-state index in [1.807, 2.05) is 24.3 Å². The summed E-state index contributed by atoms with van der Waals surface area (Å²) < 4.78 is 5.98. The number of hydrogen-bond acceptors (Lipinski definition) is 4.